The number of benzene rings is 3. The number of nitrogens with zero attached hydrogens (tertiary/aromatic N) is 1. The summed E-state index contributed by atoms with van der Waals surface area (Å²) in [4.78, 5) is 26.8. The molecule has 2 N–H and O–H groups in total. The largest absolute Gasteiger partial charge is 0.492 e. The minimum Gasteiger partial charge on any atom is -0.492 e. The molecular weight excluding hydrogens is 414 g/mol. The molecule has 33 heavy (non-hydrogen) atoms. The van der Waals surface area contributed by atoms with Crippen LogP contribution in [0.15, 0.2) is 66.7 Å². The highest BCUT2D eigenvalue weighted by Gasteiger charge is 2.32. The van der Waals surface area contributed by atoms with Crippen molar-refractivity contribution in [1.82, 2.24) is 15.5 Å². The van der Waals surface area contributed by atoms with Gasteiger partial charge in [0.15, 0.2) is 0 Å². The fourth-order valence-electron chi connectivity index (χ4n) is 4.88. The number of carbonyl (C=O) groups excluding carboxylic acids is 2. The van der Waals surface area contributed by atoms with E-state index in [4.69, 9.17) is 4.74 Å². The topological polar surface area (TPSA) is 70.7 Å². The smallest absolute Gasteiger partial charge is 0.232 e. The van der Waals surface area contributed by atoms with Crippen LogP contribution in [0.4, 0.5) is 0 Å². The van der Waals surface area contributed by atoms with Gasteiger partial charge in [-0.05, 0) is 35.4 Å². The standard InChI is InChI=1S/C27H29N3O3/c31-26-24(12-13-28-26)27(32)29-17-22-16-20-7-1-2-8-21(20)18-30(22)14-15-33-25-11-5-9-19-6-3-4-10-23(19)25/h1-11,22,24H,12-18H2,(H,28,31)(H,29,32). The second-order valence-electron chi connectivity index (χ2n) is 8.80. The van der Waals surface area contributed by atoms with Crippen LogP contribution in [0.5, 0.6) is 5.75 Å². The summed E-state index contributed by atoms with van der Waals surface area (Å²) in [5.74, 6) is -0.00993. The Morgan fingerprint density at radius 1 is 1.03 bits per heavy atom. The Labute approximate surface area is 193 Å². The van der Waals surface area contributed by atoms with Crippen molar-refractivity contribution < 1.29 is 14.3 Å². The van der Waals surface area contributed by atoms with Gasteiger partial charge in [-0.25, -0.2) is 0 Å². The van der Waals surface area contributed by atoms with Gasteiger partial charge >= 0.3 is 0 Å². The molecule has 3 aromatic rings. The quantitative estimate of drug-likeness (QED) is 0.551. The zero-order valence-electron chi connectivity index (χ0n) is 18.6. The van der Waals surface area contributed by atoms with Gasteiger partial charge in [0.1, 0.15) is 18.3 Å². The minimum absolute atomic E-state index is 0.157. The summed E-state index contributed by atoms with van der Waals surface area (Å²) < 4.78 is 6.20. The van der Waals surface area contributed by atoms with Gasteiger partial charge in [-0.3, -0.25) is 14.5 Å². The van der Waals surface area contributed by atoms with Crippen molar-refractivity contribution in [3.63, 3.8) is 0 Å². The highest BCUT2D eigenvalue weighted by molar-refractivity contribution is 6.01. The maximum absolute atomic E-state index is 12.6. The van der Waals surface area contributed by atoms with E-state index in [1.807, 2.05) is 24.3 Å². The molecule has 2 atom stereocenters. The first-order valence-corrected chi connectivity index (χ1v) is 11.7. The number of carbonyl (C=O) groups is 2. The molecule has 2 heterocycles. The van der Waals surface area contributed by atoms with Gasteiger partial charge < -0.3 is 15.4 Å². The number of hydrogen-bond acceptors (Lipinski definition) is 4. The molecule has 2 aliphatic rings. The van der Waals surface area contributed by atoms with E-state index in [0.717, 1.165) is 30.6 Å². The van der Waals surface area contributed by atoms with E-state index in [-0.39, 0.29) is 17.9 Å². The highest BCUT2D eigenvalue weighted by Crippen LogP contribution is 2.26. The van der Waals surface area contributed by atoms with E-state index < -0.39 is 5.92 Å². The predicted octanol–water partition coefficient (Wildman–Crippen LogP) is 2.90. The molecule has 2 amide bonds. The van der Waals surface area contributed by atoms with Crippen molar-refractivity contribution in [2.45, 2.75) is 25.4 Å². The third-order valence-electron chi connectivity index (χ3n) is 6.73. The van der Waals surface area contributed by atoms with Gasteiger partial charge in [0.05, 0.1) is 0 Å². The van der Waals surface area contributed by atoms with Crippen LogP contribution in [-0.4, -0.2) is 49.0 Å². The molecule has 2 aliphatic heterocycles. The summed E-state index contributed by atoms with van der Waals surface area (Å²) in [6, 6.07) is 23.0. The zero-order chi connectivity index (χ0) is 22.6. The number of amides is 2. The molecule has 5 rings (SSSR count). The zero-order valence-corrected chi connectivity index (χ0v) is 18.6. The van der Waals surface area contributed by atoms with E-state index in [2.05, 4.69) is 58.0 Å². The lowest BCUT2D eigenvalue weighted by atomic mass is 9.93. The number of hydrogen-bond donors (Lipinski definition) is 2. The minimum atomic E-state index is -0.566. The summed E-state index contributed by atoms with van der Waals surface area (Å²) in [5, 5.41) is 8.05. The average Bonchev–Trinajstić information content (AvgIpc) is 3.28. The lowest BCUT2D eigenvalue weighted by molar-refractivity contribution is -0.133. The lowest BCUT2D eigenvalue weighted by Crippen LogP contribution is -2.49. The molecule has 0 bridgehead atoms. The molecule has 3 aromatic carbocycles. The second kappa shape index (κ2) is 9.63. The molecule has 0 aromatic heterocycles. The van der Waals surface area contributed by atoms with E-state index in [1.165, 1.54) is 16.5 Å². The van der Waals surface area contributed by atoms with Crippen LogP contribution in [0.25, 0.3) is 10.8 Å². The Morgan fingerprint density at radius 2 is 1.82 bits per heavy atom. The molecular formula is C27H29N3O3. The number of ether oxygens (including phenoxy) is 1. The molecule has 0 radical (unpaired) electrons. The van der Waals surface area contributed by atoms with Crippen molar-refractivity contribution in [1.29, 1.82) is 0 Å². The second-order valence-corrected chi connectivity index (χ2v) is 8.80. The van der Waals surface area contributed by atoms with Crippen molar-refractivity contribution >= 4 is 22.6 Å². The van der Waals surface area contributed by atoms with Gasteiger partial charge in [-0.1, -0.05) is 60.7 Å². The number of nitrogens with one attached hydrogen (secondary N) is 2. The molecule has 2 unspecified atom stereocenters. The highest BCUT2D eigenvalue weighted by atomic mass is 16.5. The molecule has 1 fully saturated rings. The maximum Gasteiger partial charge on any atom is 0.232 e. The van der Waals surface area contributed by atoms with Gasteiger partial charge in [0.25, 0.3) is 0 Å². The molecule has 0 spiro atoms. The van der Waals surface area contributed by atoms with Gasteiger partial charge in [0.2, 0.25) is 11.8 Å². The van der Waals surface area contributed by atoms with Crippen LogP contribution in [0.3, 0.4) is 0 Å². The van der Waals surface area contributed by atoms with Crippen molar-refractivity contribution in [2.75, 3.05) is 26.2 Å². The first kappa shape index (κ1) is 21.5. The Bertz CT molecular complexity index is 1160. The van der Waals surface area contributed by atoms with E-state index in [1.54, 1.807) is 0 Å². The summed E-state index contributed by atoms with van der Waals surface area (Å²) in [6.45, 7) is 3.23. The molecule has 0 aliphatic carbocycles. The van der Waals surface area contributed by atoms with E-state index in [9.17, 15) is 9.59 Å². The molecule has 0 saturated carbocycles. The maximum atomic E-state index is 12.6. The lowest BCUT2D eigenvalue weighted by Gasteiger charge is -2.37. The van der Waals surface area contributed by atoms with Crippen molar-refractivity contribution in [3.8, 4) is 5.75 Å². The third-order valence-corrected chi connectivity index (χ3v) is 6.73. The van der Waals surface area contributed by atoms with Crippen molar-refractivity contribution in [2.24, 2.45) is 5.92 Å². The van der Waals surface area contributed by atoms with Gasteiger partial charge in [0, 0.05) is 37.6 Å². The molecule has 1 saturated heterocycles. The summed E-state index contributed by atoms with van der Waals surface area (Å²) in [7, 11) is 0. The summed E-state index contributed by atoms with van der Waals surface area (Å²) >= 11 is 0. The number of rotatable bonds is 7. The normalized spacial score (nSPS) is 20.3. The fourth-order valence-corrected chi connectivity index (χ4v) is 4.88. The van der Waals surface area contributed by atoms with Crippen LogP contribution in [0.2, 0.25) is 0 Å². The van der Waals surface area contributed by atoms with Crippen molar-refractivity contribution in [3.05, 3.63) is 77.9 Å². The van der Waals surface area contributed by atoms with Crippen LogP contribution < -0.4 is 15.4 Å². The van der Waals surface area contributed by atoms with Crippen LogP contribution >= 0.6 is 0 Å². The Hall–Kier alpha value is -3.38. The monoisotopic (exact) mass is 443 g/mol. The molecule has 170 valence electrons. The molecule has 6 heteroatoms. The van der Waals surface area contributed by atoms with Gasteiger partial charge in [-0.15, -0.1) is 0 Å². The average molecular weight is 444 g/mol. The SMILES string of the molecule is O=C1NCCC1C(=O)NCC1Cc2ccccc2CN1CCOc1cccc2ccccc12. The summed E-state index contributed by atoms with van der Waals surface area (Å²) in [5.41, 5.74) is 2.64. The Balaban J connectivity index is 1.25. The van der Waals surface area contributed by atoms with Gasteiger partial charge in [-0.2, -0.15) is 0 Å². The molecule has 6 nitrogen and oxygen atoms in total. The number of fused-ring (bicyclic) bond motifs is 2. The first-order chi connectivity index (χ1) is 16.2. The Morgan fingerprint density at radius 3 is 2.67 bits per heavy atom. The summed E-state index contributed by atoms with van der Waals surface area (Å²) in [6.07, 6.45) is 1.43. The van der Waals surface area contributed by atoms with E-state index in [0.29, 0.717) is 26.1 Å². The van der Waals surface area contributed by atoms with Crippen LogP contribution in [0.1, 0.15) is 17.5 Å². The third kappa shape index (κ3) is 4.71. The fraction of sp³-hybridized carbons (Fsp3) is 0.333. The van der Waals surface area contributed by atoms with Crippen LogP contribution in [0, 0.1) is 5.92 Å². The van der Waals surface area contributed by atoms with E-state index >= 15 is 0 Å². The van der Waals surface area contributed by atoms with Crippen LogP contribution in [-0.2, 0) is 22.6 Å². The first-order valence-electron chi connectivity index (χ1n) is 11.7. The predicted molar refractivity (Wildman–Crippen MR) is 128 cm³/mol. The Kier molecular flexibility index (Phi) is 6.26.